The molecule has 0 aromatic heterocycles. The molecular weight excluding hydrogens is 232 g/mol. The van der Waals surface area contributed by atoms with Gasteiger partial charge in [0.25, 0.3) is 0 Å². The lowest BCUT2D eigenvalue weighted by molar-refractivity contribution is 0.194. The zero-order valence-electron chi connectivity index (χ0n) is 10.6. The van der Waals surface area contributed by atoms with E-state index in [9.17, 15) is 0 Å². The highest BCUT2D eigenvalue weighted by Crippen LogP contribution is 2.38. The zero-order chi connectivity index (χ0) is 11.7. The lowest BCUT2D eigenvalue weighted by atomic mass is 9.78. The predicted octanol–water partition coefficient (Wildman–Crippen LogP) is 2.42. The Hall–Kier alpha value is -0.220. The molecule has 1 saturated carbocycles. The van der Waals surface area contributed by atoms with Crippen molar-refractivity contribution >= 4 is 16.9 Å². The van der Waals surface area contributed by atoms with Crippen molar-refractivity contribution in [2.75, 3.05) is 19.0 Å². The molecule has 96 valence electrons. The second kappa shape index (κ2) is 4.81. The van der Waals surface area contributed by atoms with Crippen molar-refractivity contribution < 1.29 is 4.74 Å². The molecule has 1 aliphatic carbocycles. The van der Waals surface area contributed by atoms with Gasteiger partial charge in [0, 0.05) is 17.9 Å². The molecule has 0 aromatic carbocycles. The Morgan fingerprint density at radius 1 is 1.35 bits per heavy atom. The summed E-state index contributed by atoms with van der Waals surface area (Å²) < 4.78 is 5.37. The van der Waals surface area contributed by atoms with Crippen LogP contribution < -0.4 is 5.32 Å². The minimum atomic E-state index is 0.371. The normalized spacial score (nSPS) is 44.4. The minimum Gasteiger partial charge on any atom is -0.379 e. The largest absolute Gasteiger partial charge is 0.379 e. The van der Waals surface area contributed by atoms with Crippen molar-refractivity contribution in [3.8, 4) is 0 Å². The summed E-state index contributed by atoms with van der Waals surface area (Å²) in [6, 6.07) is 0.405. The third-order valence-corrected chi connectivity index (χ3v) is 5.47. The SMILES string of the molecule is CC1CCC2(CC1)CSC(=NC1CCOC1)N2. The van der Waals surface area contributed by atoms with Gasteiger partial charge in [0.2, 0.25) is 0 Å². The van der Waals surface area contributed by atoms with E-state index < -0.39 is 0 Å². The summed E-state index contributed by atoms with van der Waals surface area (Å²) in [6.07, 6.45) is 6.47. The van der Waals surface area contributed by atoms with Crippen molar-refractivity contribution in [1.82, 2.24) is 5.32 Å². The first-order valence-electron chi connectivity index (χ1n) is 6.82. The van der Waals surface area contributed by atoms with Crippen LogP contribution >= 0.6 is 11.8 Å². The minimum absolute atomic E-state index is 0.371. The molecule has 0 radical (unpaired) electrons. The Balaban J connectivity index is 1.61. The number of amidine groups is 1. The van der Waals surface area contributed by atoms with Crippen molar-refractivity contribution in [2.24, 2.45) is 10.9 Å². The first kappa shape index (κ1) is 11.8. The van der Waals surface area contributed by atoms with Crippen LogP contribution in [0.5, 0.6) is 0 Å². The first-order valence-corrected chi connectivity index (χ1v) is 7.81. The number of hydrogen-bond donors (Lipinski definition) is 1. The van der Waals surface area contributed by atoms with E-state index in [1.165, 1.54) is 36.6 Å². The number of nitrogens with zero attached hydrogens (tertiary/aromatic N) is 1. The van der Waals surface area contributed by atoms with Gasteiger partial charge in [0.05, 0.1) is 12.6 Å². The highest BCUT2D eigenvalue weighted by atomic mass is 32.2. The van der Waals surface area contributed by atoms with Crippen LogP contribution in [0.2, 0.25) is 0 Å². The van der Waals surface area contributed by atoms with E-state index in [1.54, 1.807) is 0 Å². The molecule has 3 rings (SSSR count). The number of nitrogens with one attached hydrogen (secondary N) is 1. The molecule has 0 amide bonds. The van der Waals surface area contributed by atoms with E-state index in [2.05, 4.69) is 12.2 Å². The van der Waals surface area contributed by atoms with Gasteiger partial charge in [-0.1, -0.05) is 18.7 Å². The summed E-state index contributed by atoms with van der Waals surface area (Å²) in [4.78, 5) is 4.79. The molecule has 0 bridgehead atoms. The van der Waals surface area contributed by atoms with Gasteiger partial charge >= 0.3 is 0 Å². The van der Waals surface area contributed by atoms with E-state index in [1.807, 2.05) is 11.8 Å². The Morgan fingerprint density at radius 3 is 2.88 bits per heavy atom. The molecule has 1 spiro atoms. The third-order valence-electron chi connectivity index (χ3n) is 4.29. The highest BCUT2D eigenvalue weighted by molar-refractivity contribution is 8.14. The standard InChI is InChI=1S/C13H22N2OS/c1-10-2-5-13(6-3-10)9-17-12(15-13)14-11-4-7-16-8-11/h10-11H,2-9H2,1H3,(H,14,15). The maximum atomic E-state index is 5.37. The van der Waals surface area contributed by atoms with Gasteiger partial charge in [-0.2, -0.15) is 0 Å². The Kier molecular flexibility index (Phi) is 3.35. The van der Waals surface area contributed by atoms with Crippen LogP contribution in [0, 0.1) is 5.92 Å². The molecule has 17 heavy (non-hydrogen) atoms. The van der Waals surface area contributed by atoms with Crippen LogP contribution in [0.3, 0.4) is 0 Å². The molecule has 3 aliphatic rings. The summed E-state index contributed by atoms with van der Waals surface area (Å²) in [6.45, 7) is 4.07. The van der Waals surface area contributed by atoms with Crippen molar-refractivity contribution in [3.05, 3.63) is 0 Å². The second-order valence-corrected chi connectivity index (χ2v) is 6.79. The zero-order valence-corrected chi connectivity index (χ0v) is 11.4. The van der Waals surface area contributed by atoms with E-state index in [-0.39, 0.29) is 0 Å². The fourth-order valence-corrected chi connectivity index (χ4v) is 4.23. The van der Waals surface area contributed by atoms with Gasteiger partial charge in [-0.05, 0) is 38.0 Å². The van der Waals surface area contributed by atoms with Crippen molar-refractivity contribution in [2.45, 2.75) is 50.6 Å². The molecule has 1 atom stereocenters. The molecule has 2 heterocycles. The fraction of sp³-hybridized carbons (Fsp3) is 0.923. The van der Waals surface area contributed by atoms with Crippen molar-refractivity contribution in [3.63, 3.8) is 0 Å². The van der Waals surface area contributed by atoms with Crippen molar-refractivity contribution in [1.29, 1.82) is 0 Å². The van der Waals surface area contributed by atoms with Gasteiger partial charge in [-0.15, -0.1) is 0 Å². The van der Waals surface area contributed by atoms with E-state index in [4.69, 9.17) is 9.73 Å². The molecule has 2 aliphatic heterocycles. The van der Waals surface area contributed by atoms with Gasteiger partial charge in [-0.3, -0.25) is 4.99 Å². The van der Waals surface area contributed by atoms with Crippen LogP contribution in [0.1, 0.15) is 39.0 Å². The molecule has 4 heteroatoms. The third kappa shape index (κ3) is 2.63. The summed E-state index contributed by atoms with van der Waals surface area (Å²) in [5.41, 5.74) is 0.371. The highest BCUT2D eigenvalue weighted by Gasteiger charge is 2.39. The quantitative estimate of drug-likeness (QED) is 0.780. The summed E-state index contributed by atoms with van der Waals surface area (Å²) in [5.74, 6) is 2.13. The monoisotopic (exact) mass is 254 g/mol. The Bertz CT molecular complexity index is 305. The van der Waals surface area contributed by atoms with Gasteiger partial charge in [-0.25, -0.2) is 0 Å². The van der Waals surface area contributed by atoms with Crippen LogP contribution in [0.25, 0.3) is 0 Å². The number of hydrogen-bond acceptors (Lipinski definition) is 3. The van der Waals surface area contributed by atoms with Gasteiger partial charge in [0.15, 0.2) is 5.17 Å². The smallest absolute Gasteiger partial charge is 0.157 e. The second-order valence-electron chi connectivity index (χ2n) is 5.83. The van der Waals surface area contributed by atoms with Crippen LogP contribution in [-0.2, 0) is 4.74 Å². The topological polar surface area (TPSA) is 33.6 Å². The lowest BCUT2D eigenvalue weighted by Crippen LogP contribution is -2.46. The number of thioether (sulfide) groups is 1. The van der Waals surface area contributed by atoms with E-state index >= 15 is 0 Å². The first-order chi connectivity index (χ1) is 8.26. The van der Waals surface area contributed by atoms with Gasteiger partial charge in [0.1, 0.15) is 0 Å². The number of aliphatic imine (C=N–C) groups is 1. The summed E-state index contributed by atoms with van der Waals surface area (Å²) in [7, 11) is 0. The average molecular weight is 254 g/mol. The fourth-order valence-electron chi connectivity index (χ4n) is 2.95. The summed E-state index contributed by atoms with van der Waals surface area (Å²) in [5, 5.41) is 4.89. The Morgan fingerprint density at radius 2 is 2.18 bits per heavy atom. The molecule has 1 N–H and O–H groups in total. The van der Waals surface area contributed by atoms with Crippen LogP contribution in [0.4, 0.5) is 0 Å². The Labute approximate surface area is 108 Å². The van der Waals surface area contributed by atoms with Crippen LogP contribution in [0.15, 0.2) is 4.99 Å². The molecule has 0 aromatic rings. The number of ether oxygens (including phenoxy) is 1. The van der Waals surface area contributed by atoms with Gasteiger partial charge < -0.3 is 10.1 Å². The number of rotatable bonds is 1. The average Bonchev–Trinajstić information content (AvgIpc) is 2.95. The van der Waals surface area contributed by atoms with E-state index in [0.29, 0.717) is 11.6 Å². The molecule has 3 nitrogen and oxygen atoms in total. The maximum Gasteiger partial charge on any atom is 0.157 e. The van der Waals surface area contributed by atoms with Crippen LogP contribution in [-0.4, -0.2) is 35.7 Å². The molecule has 2 saturated heterocycles. The van der Waals surface area contributed by atoms with E-state index in [0.717, 1.165) is 25.6 Å². The molecular formula is C13H22N2OS. The molecule has 3 fully saturated rings. The lowest BCUT2D eigenvalue weighted by Gasteiger charge is -2.35. The summed E-state index contributed by atoms with van der Waals surface area (Å²) >= 11 is 1.92. The molecule has 1 unspecified atom stereocenters. The maximum absolute atomic E-state index is 5.37. The predicted molar refractivity (Wildman–Crippen MR) is 72.6 cm³/mol.